The van der Waals surface area contributed by atoms with Gasteiger partial charge in [0.15, 0.2) is 0 Å². The minimum atomic E-state index is -0.483. The van der Waals surface area contributed by atoms with E-state index < -0.39 is 23.7 Å². The summed E-state index contributed by atoms with van der Waals surface area (Å²) in [5.74, 6) is -1.24. The number of hydrogen-bond acceptors (Lipinski definition) is 3. The molecule has 1 aromatic carbocycles. The molecule has 1 rings (SSSR count). The van der Waals surface area contributed by atoms with Crippen LogP contribution in [-0.2, 0) is 9.53 Å². The molecule has 0 spiro atoms. The SMILES string of the molecule is COC(=O)C(C)CNC(=O)Nc1ccc(F)cc1Br. The second kappa shape index (κ2) is 7.08. The first kappa shape index (κ1) is 15.4. The normalized spacial score (nSPS) is 11.6. The predicted octanol–water partition coefficient (Wildman–Crippen LogP) is 2.52. The quantitative estimate of drug-likeness (QED) is 0.832. The van der Waals surface area contributed by atoms with Gasteiger partial charge in [-0.15, -0.1) is 0 Å². The number of methoxy groups -OCH3 is 1. The number of hydrogen-bond donors (Lipinski definition) is 2. The van der Waals surface area contributed by atoms with Crippen LogP contribution in [0.5, 0.6) is 0 Å². The van der Waals surface area contributed by atoms with E-state index in [4.69, 9.17) is 0 Å². The van der Waals surface area contributed by atoms with E-state index in [1.165, 1.54) is 25.3 Å². The summed E-state index contributed by atoms with van der Waals surface area (Å²) >= 11 is 3.13. The second-order valence-corrected chi connectivity index (χ2v) is 4.74. The fourth-order valence-electron chi connectivity index (χ4n) is 1.29. The van der Waals surface area contributed by atoms with Gasteiger partial charge in [0.25, 0.3) is 0 Å². The summed E-state index contributed by atoms with van der Waals surface area (Å²) in [7, 11) is 1.29. The fourth-order valence-corrected chi connectivity index (χ4v) is 1.74. The Morgan fingerprint density at radius 1 is 1.47 bits per heavy atom. The Labute approximate surface area is 118 Å². The van der Waals surface area contributed by atoms with E-state index in [-0.39, 0.29) is 6.54 Å². The highest BCUT2D eigenvalue weighted by Crippen LogP contribution is 2.22. The smallest absolute Gasteiger partial charge is 0.319 e. The summed E-state index contributed by atoms with van der Waals surface area (Å²) in [6.07, 6.45) is 0. The number of carbonyl (C=O) groups excluding carboxylic acids is 2. The van der Waals surface area contributed by atoms with E-state index >= 15 is 0 Å². The molecule has 0 fully saturated rings. The molecule has 2 amide bonds. The Morgan fingerprint density at radius 3 is 2.74 bits per heavy atom. The first-order chi connectivity index (χ1) is 8.93. The average Bonchev–Trinajstić information content (AvgIpc) is 2.38. The van der Waals surface area contributed by atoms with Crippen molar-refractivity contribution in [1.82, 2.24) is 5.32 Å². The summed E-state index contributed by atoms with van der Waals surface area (Å²) in [4.78, 5) is 22.7. The molecule has 2 N–H and O–H groups in total. The van der Waals surface area contributed by atoms with E-state index in [1.54, 1.807) is 6.92 Å². The number of halogens is 2. The number of rotatable bonds is 4. The van der Waals surface area contributed by atoms with Crippen molar-refractivity contribution in [3.8, 4) is 0 Å². The molecule has 0 aliphatic carbocycles. The Morgan fingerprint density at radius 2 is 2.16 bits per heavy atom. The standard InChI is InChI=1S/C12H14BrFN2O3/c1-7(11(17)19-2)6-15-12(18)16-10-4-3-8(14)5-9(10)13/h3-5,7H,6H2,1-2H3,(H2,15,16,18). The molecule has 5 nitrogen and oxygen atoms in total. The van der Waals surface area contributed by atoms with Gasteiger partial charge in [0.05, 0.1) is 18.7 Å². The predicted molar refractivity (Wildman–Crippen MR) is 72.3 cm³/mol. The maximum atomic E-state index is 12.9. The highest BCUT2D eigenvalue weighted by atomic mass is 79.9. The molecule has 1 atom stereocenters. The Bertz CT molecular complexity index is 482. The van der Waals surface area contributed by atoms with Crippen LogP contribution in [0.2, 0.25) is 0 Å². The monoisotopic (exact) mass is 332 g/mol. The molecule has 1 unspecified atom stereocenters. The number of urea groups is 1. The topological polar surface area (TPSA) is 67.4 Å². The Balaban J connectivity index is 2.49. The lowest BCUT2D eigenvalue weighted by Crippen LogP contribution is -2.35. The van der Waals surface area contributed by atoms with Crippen molar-refractivity contribution in [3.05, 3.63) is 28.5 Å². The van der Waals surface area contributed by atoms with E-state index in [2.05, 4.69) is 31.3 Å². The number of ether oxygens (including phenoxy) is 1. The van der Waals surface area contributed by atoms with E-state index in [1.807, 2.05) is 0 Å². The van der Waals surface area contributed by atoms with Crippen molar-refractivity contribution in [2.24, 2.45) is 5.92 Å². The van der Waals surface area contributed by atoms with Gasteiger partial charge < -0.3 is 15.4 Å². The lowest BCUT2D eigenvalue weighted by Gasteiger charge is -2.12. The molecule has 0 saturated carbocycles. The number of nitrogens with one attached hydrogen (secondary N) is 2. The molecule has 104 valence electrons. The zero-order chi connectivity index (χ0) is 14.4. The molecule has 0 heterocycles. The molecule has 0 aromatic heterocycles. The first-order valence-electron chi connectivity index (χ1n) is 5.51. The van der Waals surface area contributed by atoms with Gasteiger partial charge >= 0.3 is 12.0 Å². The summed E-state index contributed by atoms with van der Waals surface area (Å²) in [5, 5.41) is 5.06. The molecule has 7 heteroatoms. The Hall–Kier alpha value is -1.63. The van der Waals surface area contributed by atoms with Gasteiger partial charge in [-0.1, -0.05) is 6.92 Å². The summed E-state index contributed by atoms with van der Waals surface area (Å²) in [6.45, 7) is 1.79. The van der Waals surface area contributed by atoms with Crippen LogP contribution in [0, 0.1) is 11.7 Å². The molecule has 0 aliphatic heterocycles. The molecule has 19 heavy (non-hydrogen) atoms. The number of anilines is 1. The van der Waals surface area contributed by atoms with Gasteiger partial charge in [-0.05, 0) is 34.1 Å². The molecule has 0 bridgehead atoms. The van der Waals surface area contributed by atoms with Crippen LogP contribution in [0.1, 0.15) is 6.92 Å². The van der Waals surface area contributed by atoms with Crippen molar-refractivity contribution in [2.75, 3.05) is 19.0 Å². The highest BCUT2D eigenvalue weighted by Gasteiger charge is 2.14. The van der Waals surface area contributed by atoms with Crippen LogP contribution in [0.15, 0.2) is 22.7 Å². The van der Waals surface area contributed by atoms with Crippen molar-refractivity contribution >= 4 is 33.6 Å². The molecule has 1 aromatic rings. The minimum Gasteiger partial charge on any atom is -0.469 e. The van der Waals surface area contributed by atoms with E-state index in [0.717, 1.165) is 0 Å². The van der Waals surface area contributed by atoms with Crippen molar-refractivity contribution in [1.29, 1.82) is 0 Å². The van der Waals surface area contributed by atoms with Crippen LogP contribution < -0.4 is 10.6 Å². The number of carbonyl (C=O) groups is 2. The highest BCUT2D eigenvalue weighted by molar-refractivity contribution is 9.10. The second-order valence-electron chi connectivity index (χ2n) is 3.88. The molecular weight excluding hydrogens is 319 g/mol. The zero-order valence-electron chi connectivity index (χ0n) is 10.5. The van der Waals surface area contributed by atoms with Crippen LogP contribution in [0.3, 0.4) is 0 Å². The molecule has 0 saturated heterocycles. The van der Waals surface area contributed by atoms with Gasteiger partial charge in [-0.2, -0.15) is 0 Å². The van der Waals surface area contributed by atoms with Gasteiger partial charge in [-0.3, -0.25) is 4.79 Å². The summed E-state index contributed by atoms with van der Waals surface area (Å²) < 4.78 is 17.8. The fraction of sp³-hybridized carbons (Fsp3) is 0.333. The van der Waals surface area contributed by atoms with Crippen LogP contribution >= 0.6 is 15.9 Å². The van der Waals surface area contributed by atoms with Crippen LogP contribution in [-0.4, -0.2) is 25.7 Å². The van der Waals surface area contributed by atoms with Gasteiger partial charge in [0, 0.05) is 11.0 Å². The van der Waals surface area contributed by atoms with Crippen molar-refractivity contribution in [3.63, 3.8) is 0 Å². The first-order valence-corrected chi connectivity index (χ1v) is 6.31. The van der Waals surface area contributed by atoms with Gasteiger partial charge in [0.2, 0.25) is 0 Å². The van der Waals surface area contributed by atoms with Gasteiger partial charge in [-0.25, -0.2) is 9.18 Å². The maximum absolute atomic E-state index is 12.9. The van der Waals surface area contributed by atoms with Crippen LogP contribution in [0.25, 0.3) is 0 Å². The third kappa shape index (κ3) is 4.86. The minimum absolute atomic E-state index is 0.150. The zero-order valence-corrected chi connectivity index (χ0v) is 12.1. The Kier molecular flexibility index (Phi) is 5.75. The number of amides is 2. The van der Waals surface area contributed by atoms with Crippen LogP contribution in [0.4, 0.5) is 14.9 Å². The summed E-state index contributed by atoms with van der Waals surface area (Å²) in [6, 6.07) is 3.43. The van der Waals surface area contributed by atoms with E-state index in [9.17, 15) is 14.0 Å². The van der Waals surface area contributed by atoms with Gasteiger partial charge in [0.1, 0.15) is 5.82 Å². The third-order valence-electron chi connectivity index (χ3n) is 2.35. The lowest BCUT2D eigenvalue weighted by molar-refractivity contribution is -0.144. The summed E-state index contributed by atoms with van der Waals surface area (Å²) in [5.41, 5.74) is 0.435. The van der Waals surface area contributed by atoms with Crippen molar-refractivity contribution < 1.29 is 18.7 Å². The van der Waals surface area contributed by atoms with Crippen molar-refractivity contribution in [2.45, 2.75) is 6.92 Å². The third-order valence-corrected chi connectivity index (χ3v) is 3.01. The average molecular weight is 333 g/mol. The lowest BCUT2D eigenvalue weighted by atomic mass is 10.2. The molecular formula is C12H14BrFN2O3. The largest absolute Gasteiger partial charge is 0.469 e. The van der Waals surface area contributed by atoms with E-state index in [0.29, 0.717) is 10.2 Å². The number of esters is 1. The maximum Gasteiger partial charge on any atom is 0.319 e. The molecule has 0 aliphatic rings. The molecule has 0 radical (unpaired) electrons. The number of benzene rings is 1.